The number of unbranched alkanes of at least 4 members (excludes halogenated alkanes) is 1. The minimum atomic E-state index is -0.854. The van der Waals surface area contributed by atoms with Crippen LogP contribution in [0.2, 0.25) is 10.6 Å². The smallest absolute Gasteiger partial charge is 0.461 e. The summed E-state index contributed by atoms with van der Waals surface area (Å²) in [7, 11) is 0. The third-order valence-corrected chi connectivity index (χ3v) is 7.85. The first-order chi connectivity index (χ1) is 9.52. The second-order valence-electron chi connectivity index (χ2n) is 7.78. The van der Waals surface area contributed by atoms with Crippen molar-refractivity contribution in [3.63, 3.8) is 0 Å². The Morgan fingerprint density at radius 1 is 0.950 bits per heavy atom. The molecule has 0 aliphatic carbocycles. The van der Waals surface area contributed by atoms with Crippen molar-refractivity contribution in [1.29, 1.82) is 0 Å². The fourth-order valence-electron chi connectivity index (χ4n) is 3.49. The van der Waals surface area contributed by atoms with E-state index < -0.39 is 14.5 Å². The van der Waals surface area contributed by atoms with Gasteiger partial charge < -0.3 is 3.79 Å². The molecule has 0 spiro atoms. The largest absolute Gasteiger partial charge is 0.501 e. The topological polar surface area (TPSA) is 9.23 Å². The van der Waals surface area contributed by atoms with Crippen molar-refractivity contribution in [1.82, 2.24) is 0 Å². The van der Waals surface area contributed by atoms with E-state index in [1.54, 1.807) is 0 Å². The number of rotatable bonds is 10. The van der Waals surface area contributed by atoms with Crippen LogP contribution in [0.3, 0.4) is 0 Å². The van der Waals surface area contributed by atoms with Crippen LogP contribution in [-0.2, 0) is 3.79 Å². The summed E-state index contributed by atoms with van der Waals surface area (Å²) in [5, 5.41) is 2.94. The van der Waals surface area contributed by atoms with Gasteiger partial charge in [0.05, 0.1) is 0 Å². The van der Waals surface area contributed by atoms with Crippen molar-refractivity contribution < 1.29 is 3.79 Å². The molecule has 1 aliphatic heterocycles. The van der Waals surface area contributed by atoms with Gasteiger partial charge in [0, 0.05) is 6.61 Å². The lowest BCUT2D eigenvalue weighted by atomic mass is 9.85. The molecule has 1 rings (SSSR count). The Morgan fingerprint density at radius 3 is 1.85 bits per heavy atom. The van der Waals surface area contributed by atoms with Crippen LogP contribution in [0.5, 0.6) is 0 Å². The molecule has 0 aromatic heterocycles. The molecule has 1 saturated heterocycles. The summed E-state index contributed by atoms with van der Waals surface area (Å²) in [5.74, 6) is 3.72. The lowest BCUT2D eigenvalue weighted by Gasteiger charge is -2.21. The maximum Gasteiger partial charge on any atom is 0.461 e. The fraction of sp³-hybridized carbons (Fsp3) is 1.00. The summed E-state index contributed by atoms with van der Waals surface area (Å²) >= 11 is -0.854. The minimum Gasteiger partial charge on any atom is -0.501 e. The first-order valence-corrected chi connectivity index (χ1v) is 11.2. The van der Waals surface area contributed by atoms with Gasteiger partial charge in [-0.25, -0.2) is 0 Å². The monoisotopic (exact) mass is 296 g/mol. The van der Waals surface area contributed by atoms with E-state index >= 15 is 0 Å². The molecule has 0 unspecified atom stereocenters. The molecule has 0 N–H and O–H groups in total. The van der Waals surface area contributed by atoms with Crippen LogP contribution >= 0.6 is 0 Å². The van der Waals surface area contributed by atoms with Crippen molar-refractivity contribution in [2.75, 3.05) is 6.61 Å². The Balaban J connectivity index is 2.39. The highest BCUT2D eigenvalue weighted by atomic mass is 27.2. The van der Waals surface area contributed by atoms with Gasteiger partial charge in [-0.2, -0.15) is 0 Å². The summed E-state index contributed by atoms with van der Waals surface area (Å²) in [6.07, 6.45) is 8.28. The fourth-order valence-corrected chi connectivity index (χ4v) is 7.05. The Kier molecular flexibility index (Phi) is 9.51. The van der Waals surface area contributed by atoms with E-state index in [0.717, 1.165) is 30.3 Å². The molecule has 0 saturated carbocycles. The molecule has 1 nitrogen and oxygen atoms in total. The molecule has 1 fully saturated rings. The number of hydrogen-bond donors (Lipinski definition) is 0. The van der Waals surface area contributed by atoms with Crippen molar-refractivity contribution in [3.8, 4) is 0 Å². The third kappa shape index (κ3) is 7.49. The summed E-state index contributed by atoms with van der Waals surface area (Å²) in [5.41, 5.74) is 0. The van der Waals surface area contributed by atoms with Crippen LogP contribution in [0.4, 0.5) is 0 Å². The Morgan fingerprint density at radius 2 is 1.45 bits per heavy atom. The van der Waals surface area contributed by atoms with E-state index in [-0.39, 0.29) is 0 Å². The van der Waals surface area contributed by atoms with Gasteiger partial charge in [-0.05, 0) is 30.1 Å². The van der Waals surface area contributed by atoms with Crippen molar-refractivity contribution >= 4 is 14.5 Å². The van der Waals surface area contributed by atoms with Gasteiger partial charge in [0.2, 0.25) is 0 Å². The molecule has 2 atom stereocenters. The zero-order valence-electron chi connectivity index (χ0n) is 14.7. The predicted octanol–water partition coefficient (Wildman–Crippen LogP) is 5.91. The third-order valence-electron chi connectivity index (χ3n) is 4.88. The highest BCUT2D eigenvalue weighted by molar-refractivity contribution is 6.52. The normalized spacial score (nSPS) is 23.2. The van der Waals surface area contributed by atoms with Gasteiger partial charge in [0.15, 0.2) is 0 Å². The molecule has 1 aliphatic rings. The van der Waals surface area contributed by atoms with Crippen molar-refractivity contribution in [2.45, 2.75) is 83.7 Å². The zero-order chi connectivity index (χ0) is 15.0. The highest BCUT2D eigenvalue weighted by Crippen LogP contribution is 2.40. The summed E-state index contributed by atoms with van der Waals surface area (Å²) in [4.78, 5) is 0. The standard InChI is InChI=1S/C14H28.C4H9O.Al/c1-11(2)7-9-13(5)14(6)10-8-12(3)4;1-2-3-4-5;/h11-14H,5-10H2,1-4H3;2-4H2,1H3;/q;-1;+1/t13-,14-;;/m0../s1. The van der Waals surface area contributed by atoms with E-state index in [0.29, 0.717) is 0 Å². The van der Waals surface area contributed by atoms with E-state index in [1.807, 2.05) is 0 Å². The molecule has 20 heavy (non-hydrogen) atoms. The Hall–Kier alpha value is 0.492. The van der Waals surface area contributed by atoms with Crippen LogP contribution in [-0.4, -0.2) is 21.1 Å². The molecule has 118 valence electrons. The molecule has 0 amide bonds. The quantitative estimate of drug-likeness (QED) is 0.359. The molecular weight excluding hydrogens is 259 g/mol. The van der Waals surface area contributed by atoms with Gasteiger partial charge in [-0.15, -0.1) is 0 Å². The molecule has 0 aromatic rings. The first-order valence-electron chi connectivity index (χ1n) is 9.14. The second-order valence-corrected chi connectivity index (χ2v) is 10.3. The van der Waals surface area contributed by atoms with Crippen LogP contribution in [0.25, 0.3) is 0 Å². The summed E-state index contributed by atoms with van der Waals surface area (Å²) < 4.78 is 6.26. The maximum absolute atomic E-state index is 6.26. The van der Waals surface area contributed by atoms with E-state index in [1.165, 1.54) is 49.1 Å². The molecule has 0 radical (unpaired) electrons. The molecule has 2 heteroatoms. The lowest BCUT2D eigenvalue weighted by Crippen LogP contribution is -2.14. The van der Waals surface area contributed by atoms with E-state index in [9.17, 15) is 0 Å². The number of hydrogen-bond acceptors (Lipinski definition) is 1. The van der Waals surface area contributed by atoms with Crippen molar-refractivity contribution in [2.24, 2.45) is 23.7 Å². The first kappa shape index (κ1) is 18.5. The Labute approximate surface area is 132 Å². The van der Waals surface area contributed by atoms with Gasteiger partial charge in [-0.1, -0.05) is 77.3 Å². The van der Waals surface area contributed by atoms with Gasteiger partial charge in [-0.3, -0.25) is 0 Å². The molecule has 1 heterocycles. The maximum atomic E-state index is 6.26. The minimum absolute atomic E-state index is 0.854. The van der Waals surface area contributed by atoms with E-state index in [4.69, 9.17) is 3.79 Å². The van der Waals surface area contributed by atoms with Crippen LogP contribution in [0.15, 0.2) is 0 Å². The van der Waals surface area contributed by atoms with Crippen LogP contribution in [0, 0.1) is 23.7 Å². The molecule has 0 bridgehead atoms. The van der Waals surface area contributed by atoms with Gasteiger partial charge >= 0.3 is 14.5 Å². The lowest BCUT2D eigenvalue weighted by molar-refractivity contribution is 0.311. The zero-order valence-corrected chi connectivity index (χ0v) is 15.8. The SMILES string of the molecule is CCCC[O][Al]1[CH2][C@@H](CCC(C)C)[C@H](CCC(C)C)[CH2]1. The van der Waals surface area contributed by atoms with E-state index in [2.05, 4.69) is 34.6 Å². The van der Waals surface area contributed by atoms with Gasteiger partial charge in [0.1, 0.15) is 0 Å². The van der Waals surface area contributed by atoms with Crippen LogP contribution in [0.1, 0.15) is 73.1 Å². The average molecular weight is 296 g/mol. The Bertz CT molecular complexity index is 220. The summed E-state index contributed by atoms with van der Waals surface area (Å²) in [6.45, 7) is 12.8. The average Bonchev–Trinajstić information content (AvgIpc) is 2.76. The van der Waals surface area contributed by atoms with Crippen LogP contribution < -0.4 is 0 Å². The molecular formula is C18H37AlO. The van der Waals surface area contributed by atoms with Crippen molar-refractivity contribution in [3.05, 3.63) is 0 Å². The highest BCUT2D eigenvalue weighted by Gasteiger charge is 2.39. The summed E-state index contributed by atoms with van der Waals surface area (Å²) in [6, 6.07) is 0. The predicted molar refractivity (Wildman–Crippen MR) is 91.4 cm³/mol. The van der Waals surface area contributed by atoms with Gasteiger partial charge in [0.25, 0.3) is 0 Å². The second kappa shape index (κ2) is 10.3. The molecule has 0 aromatic carbocycles.